The summed E-state index contributed by atoms with van der Waals surface area (Å²) >= 11 is 0. The summed E-state index contributed by atoms with van der Waals surface area (Å²) in [6, 6.07) is 0. The molecule has 1 saturated heterocycles. The van der Waals surface area contributed by atoms with Crippen LogP contribution >= 0.6 is 0 Å². The third-order valence-electron chi connectivity index (χ3n) is 3.83. The van der Waals surface area contributed by atoms with Crippen molar-refractivity contribution in [2.45, 2.75) is 45.6 Å². The second-order valence-corrected chi connectivity index (χ2v) is 5.33. The summed E-state index contributed by atoms with van der Waals surface area (Å²) in [4.78, 5) is 22.4. The van der Waals surface area contributed by atoms with E-state index in [0.29, 0.717) is 24.7 Å². The van der Waals surface area contributed by atoms with Crippen LogP contribution in [0.3, 0.4) is 0 Å². The lowest BCUT2D eigenvalue weighted by Crippen LogP contribution is -2.30. The molecule has 1 aromatic heterocycles. The third kappa shape index (κ3) is 3.90. The van der Waals surface area contributed by atoms with E-state index in [-0.39, 0.29) is 5.91 Å². The van der Waals surface area contributed by atoms with Gasteiger partial charge in [-0.1, -0.05) is 19.8 Å². The van der Waals surface area contributed by atoms with Crippen molar-refractivity contribution in [2.75, 3.05) is 12.0 Å². The minimum Gasteiger partial charge on any atom is -0.337 e. The molecule has 6 nitrogen and oxygen atoms in total. The van der Waals surface area contributed by atoms with Crippen molar-refractivity contribution in [1.82, 2.24) is 14.9 Å². The minimum atomic E-state index is 0.228. The molecule has 1 aromatic rings. The second-order valence-electron chi connectivity index (χ2n) is 5.33. The molecule has 1 amide bonds. The van der Waals surface area contributed by atoms with E-state index in [1.165, 1.54) is 12.8 Å². The zero-order valence-electron chi connectivity index (χ0n) is 12.0. The molecule has 1 aliphatic rings. The van der Waals surface area contributed by atoms with Crippen LogP contribution in [-0.2, 0) is 11.3 Å². The lowest BCUT2D eigenvalue weighted by atomic mass is 9.96. The molecule has 0 saturated carbocycles. The predicted octanol–water partition coefficient (Wildman–Crippen LogP) is 1.69. The second kappa shape index (κ2) is 7.19. The average Bonchev–Trinajstić information content (AvgIpc) is 2.64. The largest absolute Gasteiger partial charge is 0.337 e. The number of nitrogen functional groups attached to an aromatic ring is 1. The van der Waals surface area contributed by atoms with E-state index in [1.54, 1.807) is 12.4 Å². The van der Waals surface area contributed by atoms with Crippen LogP contribution in [0.25, 0.3) is 0 Å². The summed E-state index contributed by atoms with van der Waals surface area (Å²) in [5.74, 6) is 6.69. The molecular formula is C14H23N5O. The number of hydrogen-bond acceptors (Lipinski definition) is 5. The van der Waals surface area contributed by atoms with Crippen LogP contribution in [-0.4, -0.2) is 27.3 Å². The van der Waals surface area contributed by atoms with Crippen molar-refractivity contribution < 1.29 is 4.79 Å². The zero-order chi connectivity index (χ0) is 14.4. The van der Waals surface area contributed by atoms with E-state index in [0.717, 1.165) is 25.1 Å². The summed E-state index contributed by atoms with van der Waals surface area (Å²) in [5, 5.41) is 0. The number of amides is 1. The highest BCUT2D eigenvalue weighted by Crippen LogP contribution is 2.23. The van der Waals surface area contributed by atoms with Gasteiger partial charge in [-0.05, 0) is 18.8 Å². The Morgan fingerprint density at radius 2 is 2.25 bits per heavy atom. The van der Waals surface area contributed by atoms with Gasteiger partial charge in [-0.15, -0.1) is 0 Å². The molecule has 20 heavy (non-hydrogen) atoms. The lowest BCUT2D eigenvalue weighted by molar-refractivity contribution is -0.131. The van der Waals surface area contributed by atoms with Gasteiger partial charge in [0.2, 0.25) is 5.91 Å². The monoisotopic (exact) mass is 277 g/mol. The molecule has 1 unspecified atom stereocenters. The molecule has 2 rings (SSSR count). The number of nitrogens with two attached hydrogens (primary N) is 1. The van der Waals surface area contributed by atoms with Crippen molar-refractivity contribution in [2.24, 2.45) is 11.8 Å². The number of hydrogen-bond donors (Lipinski definition) is 2. The lowest BCUT2D eigenvalue weighted by Gasteiger charge is -2.20. The number of likely N-dealkylation sites (tertiary alicyclic amines) is 1. The molecule has 1 atom stereocenters. The molecule has 2 heterocycles. The summed E-state index contributed by atoms with van der Waals surface area (Å²) in [6.07, 6.45) is 8.42. The van der Waals surface area contributed by atoms with Gasteiger partial charge < -0.3 is 10.3 Å². The number of nitrogens with zero attached hydrogens (tertiary/aromatic N) is 3. The average molecular weight is 277 g/mol. The maximum Gasteiger partial charge on any atom is 0.222 e. The predicted molar refractivity (Wildman–Crippen MR) is 77.5 cm³/mol. The van der Waals surface area contributed by atoms with E-state index in [9.17, 15) is 4.79 Å². The van der Waals surface area contributed by atoms with E-state index >= 15 is 0 Å². The summed E-state index contributed by atoms with van der Waals surface area (Å²) in [7, 11) is 0. The number of hydrazine groups is 1. The van der Waals surface area contributed by atoms with Gasteiger partial charge in [0.05, 0.1) is 24.6 Å². The highest BCUT2D eigenvalue weighted by atomic mass is 16.2. The molecule has 0 aromatic carbocycles. The van der Waals surface area contributed by atoms with Gasteiger partial charge in [0, 0.05) is 13.0 Å². The maximum absolute atomic E-state index is 12.1. The van der Waals surface area contributed by atoms with Crippen LogP contribution in [0.5, 0.6) is 0 Å². The van der Waals surface area contributed by atoms with Crippen molar-refractivity contribution in [1.29, 1.82) is 0 Å². The minimum absolute atomic E-state index is 0.228. The van der Waals surface area contributed by atoms with Crippen LogP contribution in [0, 0.1) is 5.92 Å². The highest BCUT2D eigenvalue weighted by molar-refractivity contribution is 5.76. The molecule has 0 aliphatic carbocycles. The summed E-state index contributed by atoms with van der Waals surface area (Å²) < 4.78 is 0. The summed E-state index contributed by atoms with van der Waals surface area (Å²) in [5.41, 5.74) is 3.24. The van der Waals surface area contributed by atoms with Gasteiger partial charge >= 0.3 is 0 Å². The Balaban J connectivity index is 1.95. The SMILES string of the molecule is CCCC1CCC(=O)N(Cc2cnc(NN)cn2)CC1. The van der Waals surface area contributed by atoms with Crippen LogP contribution in [0.2, 0.25) is 0 Å². The maximum atomic E-state index is 12.1. The molecule has 1 aliphatic heterocycles. The molecule has 0 radical (unpaired) electrons. The fourth-order valence-corrected chi connectivity index (χ4v) is 2.66. The number of aromatic nitrogens is 2. The topological polar surface area (TPSA) is 84.1 Å². The van der Waals surface area contributed by atoms with Crippen LogP contribution in [0.4, 0.5) is 5.82 Å². The first-order valence-corrected chi connectivity index (χ1v) is 7.28. The first-order valence-electron chi connectivity index (χ1n) is 7.28. The van der Waals surface area contributed by atoms with E-state index in [1.807, 2.05) is 4.90 Å². The van der Waals surface area contributed by atoms with E-state index < -0.39 is 0 Å². The molecule has 110 valence electrons. The van der Waals surface area contributed by atoms with Crippen molar-refractivity contribution in [3.63, 3.8) is 0 Å². The van der Waals surface area contributed by atoms with Gasteiger partial charge in [-0.3, -0.25) is 9.78 Å². The quantitative estimate of drug-likeness (QED) is 0.632. The van der Waals surface area contributed by atoms with Gasteiger partial charge in [-0.25, -0.2) is 10.8 Å². The number of nitrogens with one attached hydrogen (secondary N) is 1. The fourth-order valence-electron chi connectivity index (χ4n) is 2.66. The molecular weight excluding hydrogens is 254 g/mol. The molecule has 0 bridgehead atoms. The Morgan fingerprint density at radius 3 is 2.90 bits per heavy atom. The fraction of sp³-hybridized carbons (Fsp3) is 0.643. The Labute approximate surface area is 119 Å². The Kier molecular flexibility index (Phi) is 5.29. The first-order chi connectivity index (χ1) is 9.72. The van der Waals surface area contributed by atoms with E-state index in [4.69, 9.17) is 5.84 Å². The summed E-state index contributed by atoms with van der Waals surface area (Å²) in [6.45, 7) is 3.56. The normalized spacial score (nSPS) is 19.8. The van der Waals surface area contributed by atoms with Gasteiger partial charge in [0.15, 0.2) is 5.82 Å². The molecule has 1 fully saturated rings. The Bertz CT molecular complexity index is 434. The molecule has 0 spiro atoms. The molecule has 6 heteroatoms. The zero-order valence-corrected chi connectivity index (χ0v) is 12.0. The van der Waals surface area contributed by atoms with Crippen LogP contribution < -0.4 is 11.3 Å². The van der Waals surface area contributed by atoms with Gasteiger partial charge in [-0.2, -0.15) is 0 Å². The Morgan fingerprint density at radius 1 is 1.40 bits per heavy atom. The van der Waals surface area contributed by atoms with Crippen LogP contribution in [0.15, 0.2) is 12.4 Å². The third-order valence-corrected chi connectivity index (χ3v) is 3.83. The number of carbonyl (C=O) groups excluding carboxylic acids is 1. The number of rotatable bonds is 5. The smallest absolute Gasteiger partial charge is 0.222 e. The highest BCUT2D eigenvalue weighted by Gasteiger charge is 2.22. The standard InChI is InChI=1S/C14H23N5O/c1-2-3-11-4-5-14(20)19(7-6-11)10-12-8-17-13(18-15)9-16-12/h8-9,11H,2-7,10,15H2,1H3,(H,17,18). The Hall–Kier alpha value is -1.69. The number of anilines is 1. The molecule has 3 N–H and O–H groups in total. The van der Waals surface area contributed by atoms with Crippen molar-refractivity contribution >= 4 is 11.7 Å². The van der Waals surface area contributed by atoms with Gasteiger partial charge in [0.1, 0.15) is 0 Å². The van der Waals surface area contributed by atoms with E-state index in [2.05, 4.69) is 22.3 Å². The first kappa shape index (κ1) is 14.7. The van der Waals surface area contributed by atoms with Crippen LogP contribution in [0.1, 0.15) is 44.7 Å². The number of carbonyl (C=O) groups is 1. The van der Waals surface area contributed by atoms with Crippen molar-refractivity contribution in [3.05, 3.63) is 18.1 Å². The van der Waals surface area contributed by atoms with Gasteiger partial charge in [0.25, 0.3) is 0 Å². The van der Waals surface area contributed by atoms with Crippen molar-refractivity contribution in [3.8, 4) is 0 Å².